The number of rotatable bonds is 6. The lowest BCUT2D eigenvalue weighted by Crippen LogP contribution is -2.27. The zero-order valence-electron chi connectivity index (χ0n) is 19.5. The second-order valence-electron chi connectivity index (χ2n) is 8.74. The number of hydrogen-bond acceptors (Lipinski definition) is 6. The van der Waals surface area contributed by atoms with Crippen LogP contribution in [0.15, 0.2) is 72.9 Å². The summed E-state index contributed by atoms with van der Waals surface area (Å²) >= 11 is 0. The molecule has 9 heteroatoms. The largest absolute Gasteiger partial charge is 0.416 e. The summed E-state index contributed by atoms with van der Waals surface area (Å²) in [6.45, 7) is 2.32. The van der Waals surface area contributed by atoms with E-state index in [4.69, 9.17) is 0 Å². The molecule has 2 aromatic carbocycles. The van der Waals surface area contributed by atoms with Crippen molar-refractivity contribution in [2.45, 2.75) is 31.5 Å². The fraction of sp³-hybridized carbons (Fsp3) is 0.259. The van der Waals surface area contributed by atoms with E-state index in [1.54, 1.807) is 18.3 Å². The van der Waals surface area contributed by atoms with Crippen LogP contribution in [0, 0.1) is 0 Å². The molecule has 184 valence electrons. The molecule has 4 aromatic rings. The summed E-state index contributed by atoms with van der Waals surface area (Å²) in [7, 11) is 0. The summed E-state index contributed by atoms with van der Waals surface area (Å²) in [5.74, 6) is 0.650. The molecule has 2 aromatic heterocycles. The van der Waals surface area contributed by atoms with Crippen molar-refractivity contribution < 1.29 is 13.2 Å². The Bertz CT molecular complexity index is 1320. The van der Waals surface area contributed by atoms with E-state index in [-0.39, 0.29) is 5.92 Å². The van der Waals surface area contributed by atoms with E-state index in [1.165, 1.54) is 6.07 Å². The predicted octanol–water partition coefficient (Wildman–Crippen LogP) is 5.70. The number of nitrogens with one attached hydrogen (secondary N) is 2. The van der Waals surface area contributed by atoms with Crippen LogP contribution >= 0.6 is 0 Å². The third kappa shape index (κ3) is 5.52. The van der Waals surface area contributed by atoms with Crippen LogP contribution in [0.3, 0.4) is 0 Å². The zero-order chi connectivity index (χ0) is 25.0. The van der Waals surface area contributed by atoms with Crippen molar-refractivity contribution in [3.8, 4) is 22.5 Å². The maximum absolute atomic E-state index is 13.4. The monoisotopic (exact) mass is 490 g/mol. The first kappa shape index (κ1) is 23.9. The van der Waals surface area contributed by atoms with Gasteiger partial charge in [0.25, 0.3) is 0 Å². The Morgan fingerprint density at radius 2 is 1.72 bits per heavy atom. The molecule has 0 atom stereocenters. The quantitative estimate of drug-likeness (QED) is 0.361. The van der Waals surface area contributed by atoms with Gasteiger partial charge in [-0.1, -0.05) is 42.5 Å². The number of benzene rings is 2. The molecular formula is C27H25F3N6. The number of halogens is 3. The van der Waals surface area contributed by atoms with Crippen molar-refractivity contribution in [3.63, 3.8) is 0 Å². The summed E-state index contributed by atoms with van der Waals surface area (Å²) in [5, 5.41) is 15.4. The smallest absolute Gasteiger partial charge is 0.350 e. The molecule has 0 bridgehead atoms. The molecule has 0 radical (unpaired) electrons. The van der Waals surface area contributed by atoms with Gasteiger partial charge in [-0.25, -0.2) is 9.97 Å². The fourth-order valence-electron chi connectivity index (χ4n) is 4.35. The Morgan fingerprint density at radius 3 is 2.50 bits per heavy atom. The molecule has 0 aliphatic carbocycles. The molecule has 36 heavy (non-hydrogen) atoms. The molecule has 1 saturated heterocycles. The van der Waals surface area contributed by atoms with Gasteiger partial charge in [0.2, 0.25) is 5.95 Å². The molecule has 5 rings (SSSR count). The van der Waals surface area contributed by atoms with Gasteiger partial charge in [-0.05, 0) is 55.8 Å². The van der Waals surface area contributed by atoms with E-state index >= 15 is 0 Å². The normalized spacial score (nSPS) is 14.5. The van der Waals surface area contributed by atoms with Crippen LogP contribution in [0.25, 0.3) is 22.5 Å². The fourth-order valence-corrected chi connectivity index (χ4v) is 4.35. The number of anilines is 1. The Morgan fingerprint density at radius 1 is 0.917 bits per heavy atom. The number of aromatic nitrogens is 4. The summed E-state index contributed by atoms with van der Waals surface area (Å²) < 4.78 is 40.3. The lowest BCUT2D eigenvalue weighted by atomic mass is 9.92. The van der Waals surface area contributed by atoms with Gasteiger partial charge in [-0.15, -0.1) is 5.10 Å². The van der Waals surface area contributed by atoms with E-state index in [9.17, 15) is 13.2 Å². The lowest BCUT2D eigenvalue weighted by Gasteiger charge is -2.22. The number of nitrogens with zero attached hydrogens (tertiary/aromatic N) is 4. The molecule has 1 fully saturated rings. The van der Waals surface area contributed by atoms with Gasteiger partial charge < -0.3 is 10.6 Å². The van der Waals surface area contributed by atoms with Crippen molar-refractivity contribution in [1.82, 2.24) is 25.5 Å². The van der Waals surface area contributed by atoms with Crippen LogP contribution in [0.4, 0.5) is 19.1 Å². The Labute approximate surface area is 207 Å². The maximum atomic E-state index is 13.4. The molecule has 0 amide bonds. The highest BCUT2D eigenvalue weighted by atomic mass is 19.4. The third-order valence-electron chi connectivity index (χ3n) is 6.26. The van der Waals surface area contributed by atoms with Gasteiger partial charge in [0.1, 0.15) is 5.69 Å². The maximum Gasteiger partial charge on any atom is 0.416 e. The first-order valence-corrected chi connectivity index (χ1v) is 11.8. The standard InChI is InChI=1S/C27H25F3N6/c28-27(29,30)21-8-4-7-20(15-21)25-22(16-24(35-36-25)19-9-12-31-13-10-19)23-11-14-32-26(34-23)33-17-18-5-2-1-3-6-18/h1-8,11,14-16,19,31H,9-10,12-13,17H2,(H,32,33,34). The summed E-state index contributed by atoms with van der Waals surface area (Å²) in [5.41, 5.74) is 3.05. The molecule has 3 heterocycles. The Hall–Kier alpha value is -3.85. The first-order valence-electron chi connectivity index (χ1n) is 11.8. The van der Waals surface area contributed by atoms with Crippen molar-refractivity contribution in [3.05, 3.63) is 89.7 Å². The first-order chi connectivity index (χ1) is 17.5. The van der Waals surface area contributed by atoms with Gasteiger partial charge in [-0.3, -0.25) is 0 Å². The van der Waals surface area contributed by atoms with Gasteiger partial charge in [0.15, 0.2) is 0 Å². The minimum atomic E-state index is -4.46. The molecule has 6 nitrogen and oxygen atoms in total. The third-order valence-corrected chi connectivity index (χ3v) is 6.26. The second kappa shape index (κ2) is 10.4. The number of piperidine rings is 1. The van der Waals surface area contributed by atoms with Crippen molar-refractivity contribution in [1.29, 1.82) is 0 Å². The van der Waals surface area contributed by atoms with Crippen LogP contribution in [0.2, 0.25) is 0 Å². The van der Waals surface area contributed by atoms with Gasteiger partial charge in [-0.2, -0.15) is 18.3 Å². The second-order valence-corrected chi connectivity index (χ2v) is 8.74. The summed E-state index contributed by atoms with van der Waals surface area (Å²) in [4.78, 5) is 9.00. The van der Waals surface area contributed by atoms with Crippen molar-refractivity contribution in [2.75, 3.05) is 18.4 Å². The van der Waals surface area contributed by atoms with E-state index < -0.39 is 11.7 Å². The zero-order valence-corrected chi connectivity index (χ0v) is 19.5. The number of alkyl halides is 3. The molecule has 1 aliphatic heterocycles. The van der Waals surface area contributed by atoms with Crippen molar-refractivity contribution in [2.24, 2.45) is 0 Å². The molecule has 0 unspecified atom stereocenters. The minimum absolute atomic E-state index is 0.227. The molecule has 0 spiro atoms. The molecule has 2 N–H and O–H groups in total. The van der Waals surface area contributed by atoms with Gasteiger partial charge in [0, 0.05) is 29.8 Å². The van der Waals surface area contributed by atoms with E-state index in [0.717, 1.165) is 49.3 Å². The van der Waals surface area contributed by atoms with Gasteiger partial charge >= 0.3 is 6.18 Å². The van der Waals surface area contributed by atoms with Crippen LogP contribution in [0.5, 0.6) is 0 Å². The predicted molar refractivity (Wildman–Crippen MR) is 132 cm³/mol. The highest BCUT2D eigenvalue weighted by Gasteiger charge is 2.31. The molecule has 0 saturated carbocycles. The van der Waals surface area contributed by atoms with E-state index in [2.05, 4.69) is 30.8 Å². The average Bonchev–Trinajstić information content (AvgIpc) is 2.92. The van der Waals surface area contributed by atoms with Crippen molar-refractivity contribution >= 4 is 5.95 Å². The highest BCUT2D eigenvalue weighted by molar-refractivity contribution is 5.79. The average molecular weight is 491 g/mol. The van der Waals surface area contributed by atoms with Crippen LogP contribution in [-0.4, -0.2) is 33.3 Å². The minimum Gasteiger partial charge on any atom is -0.350 e. The topological polar surface area (TPSA) is 75.6 Å². The number of hydrogen-bond donors (Lipinski definition) is 2. The van der Waals surface area contributed by atoms with Gasteiger partial charge in [0.05, 0.1) is 17.0 Å². The Balaban J connectivity index is 1.54. The molecular weight excluding hydrogens is 465 g/mol. The SMILES string of the molecule is FC(F)(F)c1cccc(-c2nnc(C3CCNCC3)cc2-c2ccnc(NCc3ccccc3)n2)c1. The van der Waals surface area contributed by atoms with E-state index in [1.807, 2.05) is 36.4 Å². The van der Waals surface area contributed by atoms with E-state index in [0.29, 0.717) is 35.0 Å². The van der Waals surface area contributed by atoms with Crippen LogP contribution < -0.4 is 10.6 Å². The highest BCUT2D eigenvalue weighted by Crippen LogP contribution is 2.36. The Kier molecular flexibility index (Phi) is 6.90. The lowest BCUT2D eigenvalue weighted by molar-refractivity contribution is -0.137. The summed E-state index contributed by atoms with van der Waals surface area (Å²) in [6.07, 6.45) is -0.979. The van der Waals surface area contributed by atoms with Crippen LogP contribution in [0.1, 0.15) is 35.6 Å². The summed E-state index contributed by atoms with van der Waals surface area (Å²) in [6, 6.07) is 18.7. The van der Waals surface area contributed by atoms with Crippen LogP contribution in [-0.2, 0) is 12.7 Å². The molecule has 1 aliphatic rings.